The fourth-order valence-electron chi connectivity index (χ4n) is 0.827. The third kappa shape index (κ3) is 1.53. The number of Topliss-reactive ketones (excluding diaryl/α,β-unsaturated/α-hetero) is 1. The second-order valence-electron chi connectivity index (χ2n) is 2.21. The minimum Gasteiger partial charge on any atom is -0.461 e. The van der Waals surface area contributed by atoms with E-state index in [-0.39, 0.29) is 17.3 Å². The highest BCUT2D eigenvalue weighted by Crippen LogP contribution is 2.04. The van der Waals surface area contributed by atoms with Crippen molar-refractivity contribution in [2.45, 2.75) is 13.3 Å². The summed E-state index contributed by atoms with van der Waals surface area (Å²) in [6, 6.07) is 3.14. The van der Waals surface area contributed by atoms with Crippen LogP contribution < -0.4 is 0 Å². The van der Waals surface area contributed by atoms with Crippen LogP contribution >= 0.6 is 0 Å². The first kappa shape index (κ1) is 8.52. The quantitative estimate of drug-likeness (QED) is 0.322. The molecule has 0 atom stereocenters. The van der Waals surface area contributed by atoms with E-state index in [1.807, 2.05) is 0 Å². The number of rotatable bonds is 3. The molecule has 1 heterocycles. The van der Waals surface area contributed by atoms with Gasteiger partial charge in [-0.05, 0) is 18.6 Å². The van der Waals surface area contributed by atoms with Crippen LogP contribution in [0, 0.1) is 0 Å². The molecule has 0 unspecified atom stereocenters. The van der Waals surface area contributed by atoms with E-state index in [9.17, 15) is 4.79 Å². The summed E-state index contributed by atoms with van der Waals surface area (Å²) in [5.74, 6) is -0.172. The second-order valence-corrected chi connectivity index (χ2v) is 2.21. The summed E-state index contributed by atoms with van der Waals surface area (Å²) in [6.07, 6.45) is 1.79. The minimum absolute atomic E-state index is 0.102. The van der Waals surface area contributed by atoms with E-state index in [4.69, 9.17) is 9.62 Å². The maximum absolute atomic E-state index is 11.3. The van der Waals surface area contributed by atoms with Gasteiger partial charge >= 0.3 is 0 Å². The molecule has 1 rings (SSSR count). The van der Waals surface area contributed by atoms with Crippen LogP contribution in [0.4, 0.5) is 0 Å². The lowest BCUT2D eigenvalue weighted by molar-refractivity contribution is 0.103. The Morgan fingerprint density at radius 1 is 1.75 bits per heavy atom. The van der Waals surface area contributed by atoms with Gasteiger partial charge in [-0.15, -0.1) is 0 Å². The van der Waals surface area contributed by atoms with Crippen LogP contribution in [0.3, 0.4) is 0 Å². The van der Waals surface area contributed by atoms with Gasteiger partial charge < -0.3 is 9.62 Å². The lowest BCUT2D eigenvalue weighted by atomic mass is 10.1. The summed E-state index contributed by atoms with van der Waals surface area (Å²) in [4.78, 5) is 11.3. The Balaban J connectivity index is 2.85. The number of hydrogen-bond acceptors (Lipinski definition) is 4. The molecule has 0 aromatic carbocycles. The van der Waals surface area contributed by atoms with Crippen molar-refractivity contribution in [2.24, 2.45) is 5.16 Å². The molecular formula is C8H9NO3. The van der Waals surface area contributed by atoms with Gasteiger partial charge in [-0.1, -0.05) is 12.1 Å². The molecule has 0 saturated carbocycles. The third-order valence-corrected chi connectivity index (χ3v) is 1.46. The summed E-state index contributed by atoms with van der Waals surface area (Å²) in [6.45, 7) is 1.73. The van der Waals surface area contributed by atoms with Gasteiger partial charge in [-0.3, -0.25) is 4.79 Å². The zero-order valence-corrected chi connectivity index (χ0v) is 6.65. The highest BCUT2D eigenvalue weighted by atomic mass is 16.4. The zero-order valence-electron chi connectivity index (χ0n) is 6.65. The van der Waals surface area contributed by atoms with Gasteiger partial charge in [0, 0.05) is 0 Å². The maximum Gasteiger partial charge on any atom is 0.245 e. The average Bonchev–Trinajstić information content (AvgIpc) is 2.58. The Bertz CT molecular complexity index is 287. The molecule has 12 heavy (non-hydrogen) atoms. The molecule has 4 heteroatoms. The third-order valence-electron chi connectivity index (χ3n) is 1.46. The molecule has 1 aromatic heterocycles. The first-order valence-electron chi connectivity index (χ1n) is 3.58. The average molecular weight is 167 g/mol. The molecule has 0 bridgehead atoms. The molecule has 0 aliphatic carbocycles. The van der Waals surface area contributed by atoms with Crippen molar-refractivity contribution < 1.29 is 14.4 Å². The molecular weight excluding hydrogens is 158 g/mol. The van der Waals surface area contributed by atoms with Crippen molar-refractivity contribution >= 4 is 11.5 Å². The Morgan fingerprint density at radius 2 is 2.50 bits per heavy atom. The van der Waals surface area contributed by atoms with E-state index in [0.717, 1.165) is 0 Å². The van der Waals surface area contributed by atoms with Crippen molar-refractivity contribution in [3.63, 3.8) is 0 Å². The number of ketones is 1. The monoisotopic (exact) mass is 167 g/mol. The molecule has 0 radical (unpaired) electrons. The maximum atomic E-state index is 11.3. The Labute approximate surface area is 69.5 Å². The fourth-order valence-corrected chi connectivity index (χ4v) is 0.827. The van der Waals surface area contributed by atoms with Crippen LogP contribution in [-0.4, -0.2) is 16.7 Å². The lowest BCUT2D eigenvalue weighted by Gasteiger charge is -1.94. The van der Waals surface area contributed by atoms with Gasteiger partial charge in [0.2, 0.25) is 5.78 Å². The SMILES string of the molecule is CC/C(=N\O)C(=O)c1ccco1. The van der Waals surface area contributed by atoms with Crippen molar-refractivity contribution in [3.8, 4) is 0 Å². The van der Waals surface area contributed by atoms with Gasteiger partial charge in [0.1, 0.15) is 5.71 Å². The number of nitrogens with zero attached hydrogens (tertiary/aromatic N) is 1. The normalized spacial score (nSPS) is 11.6. The highest BCUT2D eigenvalue weighted by molar-refractivity contribution is 6.45. The fraction of sp³-hybridized carbons (Fsp3) is 0.250. The lowest BCUT2D eigenvalue weighted by Crippen LogP contribution is -2.12. The number of oxime groups is 1. The predicted octanol–water partition coefficient (Wildman–Crippen LogP) is 1.70. The van der Waals surface area contributed by atoms with E-state index in [2.05, 4.69) is 5.16 Å². The van der Waals surface area contributed by atoms with Crippen LogP contribution in [0.2, 0.25) is 0 Å². The second kappa shape index (κ2) is 3.71. The predicted molar refractivity (Wildman–Crippen MR) is 42.6 cm³/mol. The summed E-state index contributed by atoms with van der Waals surface area (Å²) in [5.41, 5.74) is 0.102. The van der Waals surface area contributed by atoms with Crippen LogP contribution in [-0.2, 0) is 0 Å². The van der Waals surface area contributed by atoms with Gasteiger partial charge in [-0.2, -0.15) is 0 Å². The molecule has 4 nitrogen and oxygen atoms in total. The molecule has 0 fully saturated rings. The summed E-state index contributed by atoms with van der Waals surface area (Å²) < 4.78 is 4.84. The van der Waals surface area contributed by atoms with Crippen molar-refractivity contribution in [3.05, 3.63) is 24.2 Å². The van der Waals surface area contributed by atoms with Gasteiger partial charge in [0.15, 0.2) is 5.76 Å². The Morgan fingerprint density at radius 3 is 2.92 bits per heavy atom. The molecule has 1 aromatic rings. The van der Waals surface area contributed by atoms with E-state index in [0.29, 0.717) is 6.42 Å². The number of carbonyl (C=O) groups excluding carboxylic acids is 1. The van der Waals surface area contributed by atoms with Gasteiger partial charge in [0.25, 0.3) is 0 Å². The van der Waals surface area contributed by atoms with E-state index in [1.54, 1.807) is 13.0 Å². The van der Waals surface area contributed by atoms with Gasteiger partial charge in [-0.25, -0.2) is 0 Å². The molecule has 0 saturated heterocycles. The first-order valence-corrected chi connectivity index (χ1v) is 3.58. The summed E-state index contributed by atoms with van der Waals surface area (Å²) in [7, 11) is 0. The molecule has 0 spiro atoms. The van der Waals surface area contributed by atoms with Crippen molar-refractivity contribution in [1.82, 2.24) is 0 Å². The smallest absolute Gasteiger partial charge is 0.245 e. The van der Waals surface area contributed by atoms with E-state index < -0.39 is 0 Å². The van der Waals surface area contributed by atoms with Crippen LogP contribution in [0.1, 0.15) is 23.9 Å². The van der Waals surface area contributed by atoms with Crippen molar-refractivity contribution in [2.75, 3.05) is 0 Å². The van der Waals surface area contributed by atoms with Gasteiger partial charge in [0.05, 0.1) is 6.26 Å². The summed E-state index contributed by atoms with van der Waals surface area (Å²) >= 11 is 0. The van der Waals surface area contributed by atoms with E-state index >= 15 is 0 Å². The molecule has 64 valence electrons. The Hall–Kier alpha value is -1.58. The molecule has 0 aliphatic rings. The zero-order chi connectivity index (χ0) is 8.97. The topological polar surface area (TPSA) is 62.8 Å². The van der Waals surface area contributed by atoms with E-state index in [1.165, 1.54) is 12.3 Å². The molecule has 0 aliphatic heterocycles. The molecule has 0 amide bonds. The standard InChI is InChI=1S/C8H9NO3/c1-2-6(9-11)8(10)7-4-3-5-12-7/h3-5,11H,2H2,1H3/b9-6+. The molecule has 1 N–H and O–H groups in total. The van der Waals surface area contributed by atoms with Crippen LogP contribution in [0.25, 0.3) is 0 Å². The largest absolute Gasteiger partial charge is 0.461 e. The first-order chi connectivity index (χ1) is 5.79. The van der Waals surface area contributed by atoms with Crippen molar-refractivity contribution in [1.29, 1.82) is 0 Å². The number of carbonyl (C=O) groups is 1. The highest BCUT2D eigenvalue weighted by Gasteiger charge is 2.14. The van der Waals surface area contributed by atoms with Crippen LogP contribution in [0.5, 0.6) is 0 Å². The number of hydrogen-bond donors (Lipinski definition) is 1. The Kier molecular flexibility index (Phi) is 2.63. The number of furan rings is 1. The summed E-state index contributed by atoms with van der Waals surface area (Å²) in [5, 5.41) is 11.3. The minimum atomic E-state index is -0.370. The van der Waals surface area contributed by atoms with Crippen LogP contribution in [0.15, 0.2) is 28.0 Å².